The molecule has 0 spiro atoms. The molecule has 2 aromatic rings. The summed E-state index contributed by atoms with van der Waals surface area (Å²) in [6.07, 6.45) is 2.56. The van der Waals surface area contributed by atoms with Crippen LogP contribution in [0.15, 0.2) is 53.4 Å². The molecule has 1 aliphatic carbocycles. The number of hydrogen-bond donors (Lipinski definition) is 1. The van der Waals surface area contributed by atoms with Crippen molar-refractivity contribution in [1.82, 2.24) is 4.31 Å². The first-order valence-corrected chi connectivity index (χ1v) is 12.1. The van der Waals surface area contributed by atoms with Gasteiger partial charge in [-0.1, -0.05) is 17.7 Å². The second kappa shape index (κ2) is 9.28. The molecule has 0 radical (unpaired) electrons. The van der Waals surface area contributed by atoms with Crippen LogP contribution >= 0.6 is 0 Å². The molecule has 31 heavy (non-hydrogen) atoms. The Morgan fingerprint density at radius 1 is 1.00 bits per heavy atom. The molecule has 1 N–H and O–H groups in total. The minimum Gasteiger partial charge on any atom is -0.493 e. The van der Waals surface area contributed by atoms with Crippen molar-refractivity contribution >= 4 is 21.8 Å². The Kier molecular flexibility index (Phi) is 6.48. The van der Waals surface area contributed by atoms with Gasteiger partial charge in [-0.3, -0.25) is 5.32 Å². The van der Waals surface area contributed by atoms with Crippen molar-refractivity contribution in [3.63, 3.8) is 0 Å². The van der Waals surface area contributed by atoms with Crippen molar-refractivity contribution in [2.24, 2.45) is 5.92 Å². The maximum Gasteiger partial charge on any atom is 0.411 e. The molecule has 4 rings (SSSR count). The van der Waals surface area contributed by atoms with Gasteiger partial charge >= 0.3 is 6.09 Å². The van der Waals surface area contributed by atoms with Crippen LogP contribution in [-0.2, 0) is 14.8 Å². The number of sulfonamides is 1. The quantitative estimate of drug-likeness (QED) is 0.692. The summed E-state index contributed by atoms with van der Waals surface area (Å²) in [5.41, 5.74) is 1.64. The monoisotopic (exact) mass is 444 g/mol. The number of amides is 1. The molecule has 2 aliphatic rings. The van der Waals surface area contributed by atoms with E-state index in [0.717, 1.165) is 17.9 Å². The Bertz CT molecular complexity index is 993. The summed E-state index contributed by atoms with van der Waals surface area (Å²) in [7, 11) is -3.52. The van der Waals surface area contributed by atoms with E-state index in [4.69, 9.17) is 9.47 Å². The van der Waals surface area contributed by atoms with E-state index in [-0.39, 0.29) is 6.10 Å². The molecule has 1 amide bonds. The van der Waals surface area contributed by atoms with Crippen LogP contribution in [0.4, 0.5) is 10.5 Å². The first-order valence-electron chi connectivity index (χ1n) is 10.7. The molecule has 1 saturated carbocycles. The van der Waals surface area contributed by atoms with Gasteiger partial charge in [0.05, 0.1) is 11.5 Å². The average Bonchev–Trinajstić information content (AvgIpc) is 3.58. The number of benzene rings is 2. The summed E-state index contributed by atoms with van der Waals surface area (Å²) < 4.78 is 38.2. The van der Waals surface area contributed by atoms with Crippen molar-refractivity contribution < 1.29 is 22.7 Å². The third-order valence-corrected chi connectivity index (χ3v) is 7.53. The number of carbonyl (C=O) groups is 1. The van der Waals surface area contributed by atoms with E-state index in [2.05, 4.69) is 5.32 Å². The fourth-order valence-corrected chi connectivity index (χ4v) is 4.95. The summed E-state index contributed by atoms with van der Waals surface area (Å²) in [5.74, 6) is 1.47. The first-order chi connectivity index (χ1) is 14.9. The molecule has 1 saturated heterocycles. The van der Waals surface area contributed by atoms with E-state index < -0.39 is 16.1 Å². The third-order valence-electron chi connectivity index (χ3n) is 5.62. The minimum absolute atomic E-state index is 0.291. The largest absolute Gasteiger partial charge is 0.493 e. The number of nitrogens with zero attached hydrogens (tertiary/aromatic N) is 1. The Hall–Kier alpha value is -2.58. The molecule has 8 heteroatoms. The lowest BCUT2D eigenvalue weighted by atomic mass is 10.1. The second-order valence-corrected chi connectivity index (χ2v) is 10.2. The average molecular weight is 445 g/mol. The van der Waals surface area contributed by atoms with E-state index in [1.165, 1.54) is 17.1 Å². The molecule has 2 fully saturated rings. The number of carbonyl (C=O) groups excluding carboxylic acids is 1. The van der Waals surface area contributed by atoms with Crippen LogP contribution in [0.5, 0.6) is 5.75 Å². The number of rotatable bonds is 7. The molecule has 0 aromatic heterocycles. The van der Waals surface area contributed by atoms with Crippen LogP contribution in [0.3, 0.4) is 0 Å². The van der Waals surface area contributed by atoms with Crippen molar-refractivity contribution in [2.45, 2.75) is 43.6 Å². The highest BCUT2D eigenvalue weighted by Gasteiger charge is 2.30. The fourth-order valence-electron chi connectivity index (χ4n) is 3.48. The van der Waals surface area contributed by atoms with Gasteiger partial charge in [0, 0.05) is 18.8 Å². The lowest BCUT2D eigenvalue weighted by molar-refractivity contribution is 0.0774. The van der Waals surface area contributed by atoms with Crippen molar-refractivity contribution in [3.05, 3.63) is 54.1 Å². The maximum atomic E-state index is 12.8. The predicted molar refractivity (Wildman–Crippen MR) is 118 cm³/mol. The summed E-state index contributed by atoms with van der Waals surface area (Å²) in [5, 5.41) is 2.72. The van der Waals surface area contributed by atoms with Gasteiger partial charge in [-0.15, -0.1) is 0 Å². The summed E-state index contributed by atoms with van der Waals surface area (Å²) >= 11 is 0. The van der Waals surface area contributed by atoms with Crippen LogP contribution in [-0.4, -0.2) is 44.6 Å². The first kappa shape index (κ1) is 21.6. The van der Waals surface area contributed by atoms with Gasteiger partial charge in [0.1, 0.15) is 11.9 Å². The van der Waals surface area contributed by atoms with Gasteiger partial charge < -0.3 is 9.47 Å². The molecule has 1 aliphatic heterocycles. The summed E-state index contributed by atoms with van der Waals surface area (Å²) in [4.78, 5) is 12.5. The van der Waals surface area contributed by atoms with Crippen molar-refractivity contribution in [3.8, 4) is 5.75 Å². The van der Waals surface area contributed by atoms with Crippen molar-refractivity contribution in [2.75, 3.05) is 25.0 Å². The number of aryl methyl sites for hydroxylation is 1. The Morgan fingerprint density at radius 2 is 1.65 bits per heavy atom. The SMILES string of the molecule is Cc1ccc(S(=O)(=O)N2CCC(OC(=O)Nc3ccc(OCC4CC4)cc3)CC2)cc1. The van der Waals surface area contributed by atoms with Gasteiger partial charge in [-0.25, -0.2) is 13.2 Å². The molecule has 0 atom stereocenters. The standard InChI is InChI=1S/C23H28N2O5S/c1-17-2-10-22(11-3-17)31(27,28)25-14-12-21(13-15-25)30-23(26)24-19-6-8-20(9-7-19)29-16-18-4-5-18/h2-3,6-11,18,21H,4-5,12-16H2,1H3,(H,24,26). The van der Waals surface area contributed by atoms with Gasteiger partial charge in [0.15, 0.2) is 0 Å². The second-order valence-electron chi connectivity index (χ2n) is 8.23. The van der Waals surface area contributed by atoms with Gasteiger partial charge in [0.25, 0.3) is 0 Å². The Balaban J connectivity index is 1.23. The van der Waals surface area contributed by atoms with Gasteiger partial charge in [-0.05, 0) is 74.9 Å². The predicted octanol–water partition coefficient (Wildman–Crippen LogP) is 4.19. The fraction of sp³-hybridized carbons (Fsp3) is 0.435. The lowest BCUT2D eigenvalue weighted by Crippen LogP contribution is -2.41. The van der Waals surface area contributed by atoms with Crippen molar-refractivity contribution in [1.29, 1.82) is 0 Å². The third kappa shape index (κ3) is 5.77. The number of anilines is 1. The lowest BCUT2D eigenvalue weighted by Gasteiger charge is -2.30. The maximum absolute atomic E-state index is 12.8. The number of ether oxygens (including phenoxy) is 2. The zero-order valence-corrected chi connectivity index (χ0v) is 18.4. The number of hydrogen-bond acceptors (Lipinski definition) is 5. The van der Waals surface area contributed by atoms with Crippen LogP contribution in [0.25, 0.3) is 0 Å². The molecular weight excluding hydrogens is 416 g/mol. The smallest absolute Gasteiger partial charge is 0.411 e. The van der Waals surface area contributed by atoms with Gasteiger partial charge in [0.2, 0.25) is 10.0 Å². The Morgan fingerprint density at radius 3 is 2.26 bits per heavy atom. The highest BCUT2D eigenvalue weighted by molar-refractivity contribution is 7.89. The number of nitrogens with one attached hydrogen (secondary N) is 1. The van der Waals surface area contributed by atoms with Crippen LogP contribution in [0.2, 0.25) is 0 Å². The number of piperidine rings is 1. The van der Waals surface area contributed by atoms with E-state index in [9.17, 15) is 13.2 Å². The Labute approximate surface area is 183 Å². The normalized spacial score (nSPS) is 17.8. The van der Waals surface area contributed by atoms with E-state index in [1.54, 1.807) is 36.4 Å². The minimum atomic E-state index is -3.52. The van der Waals surface area contributed by atoms with Crippen LogP contribution in [0, 0.1) is 12.8 Å². The van der Waals surface area contributed by atoms with Crippen LogP contribution in [0.1, 0.15) is 31.2 Å². The molecule has 0 bridgehead atoms. The van der Waals surface area contributed by atoms with Gasteiger partial charge in [-0.2, -0.15) is 4.31 Å². The molecular formula is C23H28N2O5S. The highest BCUT2D eigenvalue weighted by Crippen LogP contribution is 2.30. The molecule has 7 nitrogen and oxygen atoms in total. The van der Waals surface area contributed by atoms with Crippen LogP contribution < -0.4 is 10.1 Å². The summed E-state index contributed by atoms with van der Waals surface area (Å²) in [6, 6.07) is 14.0. The van der Waals surface area contributed by atoms with E-state index in [0.29, 0.717) is 42.4 Å². The molecule has 2 aromatic carbocycles. The molecule has 1 heterocycles. The molecule has 166 valence electrons. The zero-order chi connectivity index (χ0) is 21.8. The van der Waals surface area contributed by atoms with E-state index >= 15 is 0 Å². The van der Waals surface area contributed by atoms with E-state index in [1.807, 2.05) is 19.1 Å². The summed E-state index contributed by atoms with van der Waals surface area (Å²) in [6.45, 7) is 3.30. The highest BCUT2D eigenvalue weighted by atomic mass is 32.2. The molecule has 0 unspecified atom stereocenters. The topological polar surface area (TPSA) is 84.9 Å². The zero-order valence-electron chi connectivity index (χ0n) is 17.6.